The van der Waals surface area contributed by atoms with Gasteiger partial charge in [-0.1, -0.05) is 24.3 Å². The maximum Gasteiger partial charge on any atom is 0.321 e. The minimum Gasteiger partial charge on any atom is -0.456 e. The lowest BCUT2D eigenvalue weighted by molar-refractivity contribution is -0.953. The van der Waals surface area contributed by atoms with Gasteiger partial charge >= 0.3 is 5.66 Å². The molecule has 1 atom stereocenters. The Labute approximate surface area is 247 Å². The summed E-state index contributed by atoms with van der Waals surface area (Å²) in [4.78, 5) is 0. The Kier molecular flexibility index (Phi) is 2.97. The predicted octanol–water partition coefficient (Wildman–Crippen LogP) is 6.51. The number of benzene rings is 3. The molecule has 1 spiro atoms. The molecule has 7 aromatic heterocycles. The standard InChI is InChI=1S/C37H18N6O/c1-2-8-22-21(7-1)23-9-11-29-31-33(23)42-27(22)15-19-5-3-13-40(35(19)42)37(31)32-30(44-29)12-10-24-25-17-38-39-18-26(25)28-16-20-6-4-14-41(37)36(20)43(28)34(24)32/h1-18H/q+2. The number of pyridine rings is 4. The fourth-order valence-corrected chi connectivity index (χ4v) is 9.17. The second kappa shape index (κ2) is 6.31. The summed E-state index contributed by atoms with van der Waals surface area (Å²) in [5, 5.41) is 18.1. The van der Waals surface area contributed by atoms with Crippen molar-refractivity contribution in [3.8, 4) is 11.5 Å². The SMILES string of the molecule is c1ccc2c(c1)c1ccc3c4c1n1c2cc2ccc[n+](c21)C41c2c(ccc4c5cnncc5c5cc6ccc[n+]1c6n5c24)O3. The number of hydrogen-bond donors (Lipinski definition) is 0. The first kappa shape index (κ1) is 20.7. The first-order valence-corrected chi connectivity index (χ1v) is 14.9. The molecule has 0 amide bonds. The van der Waals surface area contributed by atoms with Gasteiger partial charge in [-0.25, -0.2) is 0 Å². The van der Waals surface area contributed by atoms with Gasteiger partial charge in [0.15, 0.2) is 11.0 Å². The maximum atomic E-state index is 6.97. The summed E-state index contributed by atoms with van der Waals surface area (Å²) in [7, 11) is 0. The lowest BCUT2D eigenvalue weighted by Crippen LogP contribution is -2.77. The quantitative estimate of drug-likeness (QED) is 0.157. The second-order valence-electron chi connectivity index (χ2n) is 12.4. The van der Waals surface area contributed by atoms with Crippen molar-refractivity contribution in [2.24, 2.45) is 0 Å². The molecule has 0 radical (unpaired) electrons. The lowest BCUT2D eigenvalue weighted by atomic mass is 9.81. The van der Waals surface area contributed by atoms with E-state index in [0.29, 0.717) is 0 Å². The number of hydrogen-bond acceptors (Lipinski definition) is 3. The van der Waals surface area contributed by atoms with Gasteiger partial charge in [0.2, 0.25) is 0 Å². The summed E-state index contributed by atoms with van der Waals surface area (Å²) in [6.07, 6.45) is 8.32. The van der Waals surface area contributed by atoms with E-state index in [4.69, 9.17) is 4.74 Å². The van der Waals surface area contributed by atoms with Gasteiger partial charge in [0, 0.05) is 33.7 Å². The van der Waals surface area contributed by atoms with Crippen LogP contribution in [0.15, 0.2) is 110 Å². The summed E-state index contributed by atoms with van der Waals surface area (Å²) in [6, 6.07) is 31.1. The Hall–Kier alpha value is -6.08. The van der Waals surface area contributed by atoms with Crippen molar-refractivity contribution in [2.75, 3.05) is 0 Å². The van der Waals surface area contributed by atoms with Crippen LogP contribution in [0, 0.1) is 0 Å². The molecular formula is C37H18N6O+2. The molecule has 0 bridgehead atoms. The molecule has 0 fully saturated rings. The molecule has 44 heavy (non-hydrogen) atoms. The van der Waals surface area contributed by atoms with Gasteiger partial charge in [-0.2, -0.15) is 28.1 Å². The van der Waals surface area contributed by atoms with Crippen molar-refractivity contribution in [3.63, 3.8) is 0 Å². The number of ether oxygens (including phenoxy) is 1. The highest BCUT2D eigenvalue weighted by atomic mass is 16.5. The number of nitrogens with zero attached hydrogens (tertiary/aromatic N) is 6. The van der Waals surface area contributed by atoms with E-state index in [1.54, 1.807) is 0 Å². The Bertz CT molecular complexity index is 2890. The van der Waals surface area contributed by atoms with Gasteiger partial charge in [-0.3, -0.25) is 0 Å². The summed E-state index contributed by atoms with van der Waals surface area (Å²) in [5.74, 6) is 1.76. The van der Waals surface area contributed by atoms with E-state index in [9.17, 15) is 0 Å². The topological polar surface area (TPSA) is 51.6 Å². The van der Waals surface area contributed by atoms with Crippen molar-refractivity contribution >= 4 is 76.5 Å². The smallest absolute Gasteiger partial charge is 0.321 e. The van der Waals surface area contributed by atoms with Crippen LogP contribution in [0.25, 0.3) is 76.5 Å². The minimum atomic E-state index is -0.736. The molecule has 200 valence electrons. The summed E-state index contributed by atoms with van der Waals surface area (Å²) >= 11 is 0. The third kappa shape index (κ3) is 1.85. The van der Waals surface area contributed by atoms with Crippen LogP contribution in [0.5, 0.6) is 11.5 Å². The van der Waals surface area contributed by atoms with Gasteiger partial charge in [0.05, 0.1) is 40.9 Å². The molecule has 10 heterocycles. The molecule has 7 nitrogen and oxygen atoms in total. The van der Waals surface area contributed by atoms with Crippen LogP contribution in [0.1, 0.15) is 11.1 Å². The maximum absolute atomic E-state index is 6.97. The molecule has 10 aromatic rings. The Morgan fingerprint density at radius 2 is 1.11 bits per heavy atom. The monoisotopic (exact) mass is 562 g/mol. The third-order valence-corrected chi connectivity index (χ3v) is 10.6. The minimum absolute atomic E-state index is 0.736. The highest BCUT2D eigenvalue weighted by Gasteiger charge is 2.63. The average Bonchev–Trinajstić information content (AvgIpc) is 3.67. The zero-order chi connectivity index (χ0) is 28.1. The first-order chi connectivity index (χ1) is 21.8. The van der Waals surface area contributed by atoms with Crippen molar-refractivity contribution in [1.29, 1.82) is 0 Å². The highest BCUT2D eigenvalue weighted by molar-refractivity contribution is 6.18. The Morgan fingerprint density at radius 1 is 0.545 bits per heavy atom. The van der Waals surface area contributed by atoms with E-state index in [2.05, 4.69) is 125 Å². The van der Waals surface area contributed by atoms with E-state index in [-0.39, 0.29) is 0 Å². The summed E-state index contributed by atoms with van der Waals surface area (Å²) < 4.78 is 16.9. The van der Waals surface area contributed by atoms with E-state index in [1.165, 1.54) is 43.6 Å². The molecule has 0 saturated carbocycles. The number of rotatable bonds is 0. The van der Waals surface area contributed by atoms with Crippen molar-refractivity contribution < 1.29 is 13.9 Å². The molecule has 0 N–H and O–H groups in total. The molecule has 0 saturated heterocycles. The molecule has 3 aromatic carbocycles. The molecule has 3 aliphatic heterocycles. The number of fused-ring (bicyclic) bond motifs is 6. The van der Waals surface area contributed by atoms with Gasteiger partial charge in [0.25, 0.3) is 11.3 Å². The Morgan fingerprint density at radius 3 is 1.77 bits per heavy atom. The zero-order valence-electron chi connectivity index (χ0n) is 23.0. The molecular weight excluding hydrogens is 544 g/mol. The molecule has 0 aliphatic carbocycles. The lowest BCUT2D eigenvalue weighted by Gasteiger charge is -2.39. The molecule has 3 aliphatic rings. The van der Waals surface area contributed by atoms with Gasteiger partial charge in [0.1, 0.15) is 33.7 Å². The van der Waals surface area contributed by atoms with Crippen LogP contribution >= 0.6 is 0 Å². The second-order valence-corrected chi connectivity index (χ2v) is 12.4. The van der Waals surface area contributed by atoms with Crippen molar-refractivity contribution in [2.45, 2.75) is 5.66 Å². The fourth-order valence-electron chi connectivity index (χ4n) is 9.17. The Balaban J connectivity index is 1.42. The van der Waals surface area contributed by atoms with Crippen LogP contribution in [0.2, 0.25) is 0 Å². The summed E-state index contributed by atoms with van der Waals surface area (Å²) in [6.45, 7) is 0. The van der Waals surface area contributed by atoms with Crippen LogP contribution in [-0.2, 0) is 5.66 Å². The van der Waals surface area contributed by atoms with E-state index in [1.807, 2.05) is 12.4 Å². The van der Waals surface area contributed by atoms with Crippen LogP contribution in [0.3, 0.4) is 0 Å². The molecule has 7 heteroatoms. The largest absolute Gasteiger partial charge is 0.456 e. The van der Waals surface area contributed by atoms with Crippen molar-refractivity contribution in [3.05, 3.63) is 121 Å². The highest BCUT2D eigenvalue weighted by Crippen LogP contribution is 2.55. The zero-order valence-corrected chi connectivity index (χ0v) is 23.0. The normalized spacial score (nSPS) is 17.4. The molecule has 1 unspecified atom stereocenters. The van der Waals surface area contributed by atoms with Gasteiger partial charge < -0.3 is 4.74 Å². The third-order valence-electron chi connectivity index (χ3n) is 10.6. The molecule has 13 rings (SSSR count). The van der Waals surface area contributed by atoms with Crippen molar-refractivity contribution in [1.82, 2.24) is 19.0 Å². The van der Waals surface area contributed by atoms with Gasteiger partial charge in [-0.15, -0.1) is 0 Å². The fraction of sp³-hybridized carbons (Fsp3) is 0.0270. The summed E-state index contributed by atoms with van der Waals surface area (Å²) in [5.41, 5.74) is 8.60. The van der Waals surface area contributed by atoms with Gasteiger partial charge in [-0.05, 0) is 53.9 Å². The first-order valence-electron chi connectivity index (χ1n) is 14.9. The van der Waals surface area contributed by atoms with Crippen LogP contribution < -0.4 is 13.9 Å². The van der Waals surface area contributed by atoms with Crippen LogP contribution in [0.4, 0.5) is 0 Å². The van der Waals surface area contributed by atoms with E-state index < -0.39 is 5.66 Å². The average molecular weight is 563 g/mol. The van der Waals surface area contributed by atoms with E-state index >= 15 is 0 Å². The number of aromatic nitrogens is 6. The van der Waals surface area contributed by atoms with Crippen LogP contribution in [-0.4, -0.2) is 19.0 Å². The predicted molar refractivity (Wildman–Crippen MR) is 167 cm³/mol. The van der Waals surface area contributed by atoms with E-state index in [0.717, 1.165) is 55.5 Å².